The molecule has 0 aliphatic rings. The zero-order valence-electron chi connectivity index (χ0n) is 18.2. The Bertz CT molecular complexity index is 1180. The van der Waals surface area contributed by atoms with E-state index in [9.17, 15) is 14.4 Å². The number of aromatic nitrogens is 5. The van der Waals surface area contributed by atoms with Crippen LogP contribution in [0, 0.1) is 6.92 Å². The quantitative estimate of drug-likeness (QED) is 0.536. The van der Waals surface area contributed by atoms with Gasteiger partial charge in [-0.15, -0.1) is 0 Å². The molecule has 3 rings (SSSR count). The summed E-state index contributed by atoms with van der Waals surface area (Å²) < 4.78 is 7.28. The third kappa shape index (κ3) is 4.96. The number of unbranched alkanes of at least 4 members (excludes halogenated alkanes) is 1. The maximum absolute atomic E-state index is 12.6. The molecular formula is C21H26N6O4. The van der Waals surface area contributed by atoms with Crippen LogP contribution in [0.3, 0.4) is 0 Å². The van der Waals surface area contributed by atoms with E-state index in [2.05, 4.69) is 22.2 Å². The number of rotatable bonds is 8. The Labute approximate surface area is 179 Å². The van der Waals surface area contributed by atoms with Crippen LogP contribution in [-0.2, 0) is 18.3 Å². The Morgan fingerprint density at radius 3 is 2.58 bits per heavy atom. The molecule has 3 aromatic rings. The van der Waals surface area contributed by atoms with E-state index in [1.54, 1.807) is 24.1 Å². The molecule has 1 aromatic carbocycles. The molecule has 2 aromatic heterocycles. The van der Waals surface area contributed by atoms with Gasteiger partial charge in [-0.1, -0.05) is 36.2 Å². The van der Waals surface area contributed by atoms with Gasteiger partial charge in [-0.3, -0.25) is 14.2 Å². The average Bonchev–Trinajstić information content (AvgIpc) is 3.24. The molecule has 10 nitrogen and oxygen atoms in total. The summed E-state index contributed by atoms with van der Waals surface area (Å²) in [5.41, 5.74) is 0.221. The standard InChI is InChI=1S/C21H26N6O4/c1-5-6-13-25(3)17(28)12-11-16-22-19(24-31-16)18-20(29)26(4)21(30)27(23-18)15-9-7-14(2)8-10-15/h7-10H,5-6,11-13H2,1-4H3. The Kier molecular flexibility index (Phi) is 6.78. The molecule has 0 spiro atoms. The fourth-order valence-corrected chi connectivity index (χ4v) is 2.95. The first kappa shape index (κ1) is 22.1. The van der Waals surface area contributed by atoms with Crippen LogP contribution >= 0.6 is 0 Å². The summed E-state index contributed by atoms with van der Waals surface area (Å²) in [7, 11) is 3.13. The first-order valence-corrected chi connectivity index (χ1v) is 10.2. The van der Waals surface area contributed by atoms with E-state index in [4.69, 9.17) is 4.52 Å². The molecular weight excluding hydrogens is 400 g/mol. The van der Waals surface area contributed by atoms with Crippen molar-refractivity contribution in [1.82, 2.24) is 29.4 Å². The number of carbonyl (C=O) groups is 1. The number of benzene rings is 1. The van der Waals surface area contributed by atoms with Gasteiger partial charge in [0.1, 0.15) is 0 Å². The highest BCUT2D eigenvalue weighted by atomic mass is 16.5. The van der Waals surface area contributed by atoms with E-state index in [-0.39, 0.29) is 36.2 Å². The Hall–Kier alpha value is -3.56. The number of hydrogen-bond acceptors (Lipinski definition) is 7. The van der Waals surface area contributed by atoms with Crippen LogP contribution in [0.1, 0.15) is 37.6 Å². The van der Waals surface area contributed by atoms with Crippen LogP contribution in [0.4, 0.5) is 0 Å². The van der Waals surface area contributed by atoms with E-state index in [0.29, 0.717) is 12.2 Å². The molecule has 2 heterocycles. The van der Waals surface area contributed by atoms with Crippen LogP contribution in [0.2, 0.25) is 0 Å². The largest absolute Gasteiger partial charge is 0.351 e. The second kappa shape index (κ2) is 9.50. The second-order valence-electron chi connectivity index (χ2n) is 7.42. The lowest BCUT2D eigenvalue weighted by Crippen LogP contribution is -2.40. The van der Waals surface area contributed by atoms with Crippen molar-refractivity contribution in [3.63, 3.8) is 0 Å². The lowest BCUT2D eigenvalue weighted by Gasteiger charge is -2.15. The first-order valence-electron chi connectivity index (χ1n) is 10.2. The Balaban J connectivity index is 1.85. The van der Waals surface area contributed by atoms with E-state index in [0.717, 1.165) is 27.7 Å². The van der Waals surface area contributed by atoms with Gasteiger partial charge in [0.25, 0.3) is 5.56 Å². The monoisotopic (exact) mass is 426 g/mol. The summed E-state index contributed by atoms with van der Waals surface area (Å²) in [6.45, 7) is 4.70. The molecule has 0 bridgehead atoms. The van der Waals surface area contributed by atoms with Gasteiger partial charge in [-0.2, -0.15) is 14.8 Å². The fraction of sp³-hybridized carbons (Fsp3) is 0.429. The van der Waals surface area contributed by atoms with Gasteiger partial charge in [-0.25, -0.2) is 4.79 Å². The third-order valence-corrected chi connectivity index (χ3v) is 4.96. The average molecular weight is 426 g/mol. The van der Waals surface area contributed by atoms with E-state index in [1.165, 1.54) is 7.05 Å². The predicted octanol–water partition coefficient (Wildman–Crippen LogP) is 1.48. The van der Waals surface area contributed by atoms with Crippen molar-refractivity contribution < 1.29 is 9.32 Å². The van der Waals surface area contributed by atoms with Gasteiger partial charge in [0.2, 0.25) is 17.6 Å². The molecule has 31 heavy (non-hydrogen) atoms. The van der Waals surface area contributed by atoms with E-state index >= 15 is 0 Å². The smallest absolute Gasteiger partial charge is 0.346 e. The van der Waals surface area contributed by atoms with Crippen molar-refractivity contribution in [3.05, 3.63) is 56.6 Å². The van der Waals surface area contributed by atoms with E-state index < -0.39 is 11.2 Å². The molecule has 0 saturated heterocycles. The third-order valence-electron chi connectivity index (χ3n) is 4.96. The molecule has 164 valence electrons. The minimum absolute atomic E-state index is 0.0184. The molecule has 0 atom stereocenters. The minimum Gasteiger partial charge on any atom is -0.346 e. The number of nitrogens with zero attached hydrogens (tertiary/aromatic N) is 6. The normalized spacial score (nSPS) is 11.0. The van der Waals surface area contributed by atoms with Gasteiger partial charge in [0, 0.05) is 33.5 Å². The van der Waals surface area contributed by atoms with Crippen molar-refractivity contribution in [2.24, 2.45) is 7.05 Å². The van der Waals surface area contributed by atoms with Crippen molar-refractivity contribution in [2.75, 3.05) is 13.6 Å². The molecule has 0 fully saturated rings. The number of carbonyl (C=O) groups excluding carboxylic acids is 1. The summed E-state index contributed by atoms with van der Waals surface area (Å²) in [6.07, 6.45) is 2.42. The van der Waals surface area contributed by atoms with Crippen molar-refractivity contribution in [3.8, 4) is 17.2 Å². The predicted molar refractivity (Wildman–Crippen MR) is 114 cm³/mol. The molecule has 0 aliphatic heterocycles. The van der Waals surface area contributed by atoms with Crippen molar-refractivity contribution in [1.29, 1.82) is 0 Å². The molecule has 0 aliphatic carbocycles. The number of amides is 1. The summed E-state index contributed by atoms with van der Waals surface area (Å²) in [6, 6.07) is 7.16. The van der Waals surface area contributed by atoms with Crippen LogP contribution in [0.15, 0.2) is 38.4 Å². The van der Waals surface area contributed by atoms with Crippen LogP contribution < -0.4 is 11.2 Å². The molecule has 0 N–H and O–H groups in total. The van der Waals surface area contributed by atoms with Crippen LogP contribution in [0.5, 0.6) is 0 Å². The molecule has 0 saturated carbocycles. The maximum atomic E-state index is 12.6. The topological polar surface area (TPSA) is 116 Å². The number of hydrogen-bond donors (Lipinski definition) is 0. The molecule has 0 unspecified atom stereocenters. The highest BCUT2D eigenvalue weighted by Crippen LogP contribution is 2.12. The molecule has 1 amide bonds. The van der Waals surface area contributed by atoms with Crippen LogP contribution in [-0.4, -0.2) is 48.9 Å². The maximum Gasteiger partial charge on any atom is 0.351 e. The minimum atomic E-state index is -0.629. The van der Waals surface area contributed by atoms with E-state index in [1.807, 2.05) is 19.1 Å². The fourth-order valence-electron chi connectivity index (χ4n) is 2.95. The van der Waals surface area contributed by atoms with Crippen molar-refractivity contribution in [2.45, 2.75) is 39.5 Å². The summed E-state index contributed by atoms with van der Waals surface area (Å²) in [5.74, 6) is 0.183. The van der Waals surface area contributed by atoms with Crippen molar-refractivity contribution >= 4 is 5.91 Å². The zero-order valence-corrected chi connectivity index (χ0v) is 18.2. The van der Waals surface area contributed by atoms with Gasteiger partial charge >= 0.3 is 5.69 Å². The SMILES string of the molecule is CCCCN(C)C(=O)CCc1nc(-c2nn(-c3ccc(C)cc3)c(=O)n(C)c2=O)no1. The summed E-state index contributed by atoms with van der Waals surface area (Å²) in [5, 5.41) is 8.02. The highest BCUT2D eigenvalue weighted by Gasteiger charge is 2.19. The Morgan fingerprint density at radius 2 is 1.90 bits per heavy atom. The van der Waals surface area contributed by atoms with Crippen LogP contribution in [0.25, 0.3) is 17.2 Å². The molecule has 10 heteroatoms. The summed E-state index contributed by atoms with van der Waals surface area (Å²) >= 11 is 0. The van der Waals surface area contributed by atoms with Gasteiger partial charge in [0.15, 0.2) is 5.69 Å². The lowest BCUT2D eigenvalue weighted by molar-refractivity contribution is -0.130. The van der Waals surface area contributed by atoms with Gasteiger partial charge in [0.05, 0.1) is 5.69 Å². The van der Waals surface area contributed by atoms with Gasteiger partial charge < -0.3 is 9.42 Å². The van der Waals surface area contributed by atoms with Gasteiger partial charge in [-0.05, 0) is 25.5 Å². The Morgan fingerprint density at radius 1 is 1.19 bits per heavy atom. The number of aryl methyl sites for hydroxylation is 2. The second-order valence-corrected chi connectivity index (χ2v) is 7.42. The first-order chi connectivity index (χ1) is 14.8. The lowest BCUT2D eigenvalue weighted by atomic mass is 10.2. The summed E-state index contributed by atoms with van der Waals surface area (Å²) in [4.78, 5) is 43.2. The highest BCUT2D eigenvalue weighted by molar-refractivity contribution is 5.76. The zero-order chi connectivity index (χ0) is 22.5. The molecule has 0 radical (unpaired) electrons.